The van der Waals surface area contributed by atoms with Crippen LogP contribution >= 0.6 is 0 Å². The van der Waals surface area contributed by atoms with Gasteiger partial charge in [-0.25, -0.2) is 0 Å². The number of amides is 1. The van der Waals surface area contributed by atoms with Crippen molar-refractivity contribution in [3.63, 3.8) is 0 Å². The maximum absolute atomic E-state index is 9.43. The minimum Gasteiger partial charge on any atom is -0.351 e. The Kier molecular flexibility index (Phi) is 15.0. The second-order valence-electron chi connectivity index (χ2n) is 3.41. The van der Waals surface area contributed by atoms with Crippen LogP contribution in [0.2, 0.25) is 0 Å². The van der Waals surface area contributed by atoms with E-state index < -0.39 is 0 Å². The third-order valence-corrected chi connectivity index (χ3v) is 1.79. The van der Waals surface area contributed by atoms with Gasteiger partial charge in [0.05, 0.1) is 0 Å². The van der Waals surface area contributed by atoms with Gasteiger partial charge in [0, 0.05) is 20.8 Å². The molecule has 1 heterocycles. The average molecular weight is 217 g/mol. The Morgan fingerprint density at radius 3 is 1.93 bits per heavy atom. The van der Waals surface area contributed by atoms with Gasteiger partial charge in [0.1, 0.15) is 0 Å². The summed E-state index contributed by atoms with van der Waals surface area (Å²) in [6.07, 6.45) is 3.53. The zero-order valence-electron chi connectivity index (χ0n) is 10.9. The number of nitrogens with one attached hydrogen (secondary N) is 1. The summed E-state index contributed by atoms with van der Waals surface area (Å²) < 4.78 is 0. The van der Waals surface area contributed by atoms with Gasteiger partial charge in [-0.3, -0.25) is 9.69 Å². The van der Waals surface area contributed by atoms with E-state index >= 15 is 0 Å². The topological polar surface area (TPSA) is 35.6 Å². The third-order valence-electron chi connectivity index (χ3n) is 1.79. The highest BCUT2D eigenvalue weighted by atomic mass is 16.1. The molecule has 1 amide bonds. The van der Waals surface area contributed by atoms with Crippen LogP contribution in [0.3, 0.4) is 0 Å². The molecular weight excluding hydrogens is 190 g/mol. The van der Waals surface area contributed by atoms with Crippen molar-refractivity contribution >= 4 is 6.41 Å². The molecule has 4 nitrogen and oxygen atoms in total. The lowest BCUT2D eigenvalue weighted by Crippen LogP contribution is -2.29. The lowest BCUT2D eigenvalue weighted by Gasteiger charge is -2.11. The van der Waals surface area contributed by atoms with E-state index in [9.17, 15) is 4.79 Å². The first-order chi connectivity index (χ1) is 7.20. The second-order valence-corrected chi connectivity index (χ2v) is 3.41. The number of carbonyl (C=O) groups excluding carboxylic acids is 1. The SMILES string of the molecule is CC.CN(C)C=O.CNCN1CCCC1. The molecule has 0 atom stereocenters. The summed E-state index contributed by atoms with van der Waals surface area (Å²) in [5, 5.41) is 3.14. The van der Waals surface area contributed by atoms with Crippen LogP contribution < -0.4 is 5.32 Å². The normalized spacial score (nSPS) is 14.5. The van der Waals surface area contributed by atoms with Crippen LogP contribution in [0.5, 0.6) is 0 Å². The van der Waals surface area contributed by atoms with E-state index in [1.165, 1.54) is 30.8 Å². The van der Waals surface area contributed by atoms with Crippen molar-refractivity contribution in [2.75, 3.05) is 40.9 Å². The molecular formula is C11H27N3O. The van der Waals surface area contributed by atoms with Crippen molar-refractivity contribution < 1.29 is 4.79 Å². The van der Waals surface area contributed by atoms with Crippen molar-refractivity contribution in [1.82, 2.24) is 15.1 Å². The Labute approximate surface area is 94.6 Å². The highest BCUT2D eigenvalue weighted by Crippen LogP contribution is 2.04. The van der Waals surface area contributed by atoms with E-state index in [0.717, 1.165) is 13.1 Å². The van der Waals surface area contributed by atoms with Gasteiger partial charge in [0.15, 0.2) is 0 Å². The fraction of sp³-hybridized carbons (Fsp3) is 0.909. The van der Waals surface area contributed by atoms with Crippen LogP contribution in [-0.2, 0) is 4.79 Å². The predicted molar refractivity (Wildman–Crippen MR) is 65.8 cm³/mol. The molecule has 1 aliphatic heterocycles. The predicted octanol–water partition coefficient (Wildman–Crippen LogP) is 0.990. The number of hydrogen-bond donors (Lipinski definition) is 1. The monoisotopic (exact) mass is 217 g/mol. The summed E-state index contributed by atoms with van der Waals surface area (Å²) >= 11 is 0. The average Bonchev–Trinajstić information content (AvgIpc) is 2.75. The standard InChI is InChI=1S/C6H14N2.C3H7NO.C2H6/c1-7-6-8-4-2-3-5-8;1-4(2)3-5;1-2/h7H,2-6H2,1H3;3H,1-2H3;1-2H3. The van der Waals surface area contributed by atoms with Gasteiger partial charge in [0.25, 0.3) is 0 Å². The molecule has 0 unspecified atom stereocenters. The zero-order valence-corrected chi connectivity index (χ0v) is 10.9. The largest absolute Gasteiger partial charge is 0.351 e. The molecule has 0 aliphatic carbocycles. The Morgan fingerprint density at radius 1 is 1.27 bits per heavy atom. The number of carbonyl (C=O) groups is 1. The maximum Gasteiger partial charge on any atom is 0.209 e. The molecule has 15 heavy (non-hydrogen) atoms. The molecule has 0 bridgehead atoms. The van der Waals surface area contributed by atoms with E-state index in [-0.39, 0.29) is 0 Å². The molecule has 1 rings (SSSR count). The highest BCUT2D eigenvalue weighted by Gasteiger charge is 2.08. The Balaban J connectivity index is 0. The van der Waals surface area contributed by atoms with Crippen LogP contribution in [0.4, 0.5) is 0 Å². The first-order valence-electron chi connectivity index (χ1n) is 5.69. The molecule has 1 N–H and O–H groups in total. The first kappa shape index (κ1) is 16.8. The smallest absolute Gasteiger partial charge is 0.209 e. The molecule has 1 fully saturated rings. The van der Waals surface area contributed by atoms with E-state index in [4.69, 9.17) is 0 Å². The van der Waals surface area contributed by atoms with E-state index in [2.05, 4.69) is 10.2 Å². The van der Waals surface area contributed by atoms with E-state index in [1.54, 1.807) is 14.1 Å². The van der Waals surface area contributed by atoms with Crippen LogP contribution in [0.25, 0.3) is 0 Å². The Bertz CT molecular complexity index is 123. The van der Waals surface area contributed by atoms with Crippen LogP contribution in [0.15, 0.2) is 0 Å². The number of nitrogens with zero attached hydrogens (tertiary/aromatic N) is 2. The number of rotatable bonds is 3. The quantitative estimate of drug-likeness (QED) is 0.716. The molecule has 0 radical (unpaired) electrons. The summed E-state index contributed by atoms with van der Waals surface area (Å²) in [6, 6.07) is 0. The minimum atomic E-state index is 0.750. The summed E-state index contributed by atoms with van der Waals surface area (Å²) in [5.41, 5.74) is 0. The van der Waals surface area contributed by atoms with Gasteiger partial charge in [-0.15, -0.1) is 0 Å². The van der Waals surface area contributed by atoms with Gasteiger partial charge in [0.2, 0.25) is 6.41 Å². The maximum atomic E-state index is 9.43. The van der Waals surface area contributed by atoms with Crippen LogP contribution in [-0.4, -0.2) is 57.1 Å². The molecule has 0 spiro atoms. The van der Waals surface area contributed by atoms with Crippen molar-refractivity contribution in [2.24, 2.45) is 0 Å². The summed E-state index contributed by atoms with van der Waals surface area (Å²) in [5.74, 6) is 0. The van der Waals surface area contributed by atoms with Gasteiger partial charge < -0.3 is 10.2 Å². The van der Waals surface area contributed by atoms with Crippen molar-refractivity contribution in [3.8, 4) is 0 Å². The fourth-order valence-corrected chi connectivity index (χ4v) is 1.16. The summed E-state index contributed by atoms with van der Waals surface area (Å²) in [7, 11) is 5.37. The Hall–Kier alpha value is -0.610. The third kappa shape index (κ3) is 13.4. The van der Waals surface area contributed by atoms with Crippen LogP contribution in [0, 0.1) is 0 Å². The lowest BCUT2D eigenvalue weighted by molar-refractivity contribution is -0.115. The Morgan fingerprint density at radius 2 is 1.67 bits per heavy atom. The molecule has 1 aliphatic rings. The van der Waals surface area contributed by atoms with Crippen LogP contribution in [0.1, 0.15) is 26.7 Å². The van der Waals surface area contributed by atoms with E-state index in [0.29, 0.717) is 0 Å². The van der Waals surface area contributed by atoms with Gasteiger partial charge in [-0.2, -0.15) is 0 Å². The van der Waals surface area contributed by atoms with Crippen molar-refractivity contribution in [3.05, 3.63) is 0 Å². The summed E-state index contributed by atoms with van der Waals surface area (Å²) in [4.78, 5) is 13.3. The molecule has 0 aromatic heterocycles. The lowest BCUT2D eigenvalue weighted by atomic mass is 10.4. The number of likely N-dealkylation sites (tertiary alicyclic amines) is 1. The highest BCUT2D eigenvalue weighted by molar-refractivity contribution is 5.45. The fourth-order valence-electron chi connectivity index (χ4n) is 1.16. The van der Waals surface area contributed by atoms with E-state index in [1.807, 2.05) is 20.9 Å². The molecule has 4 heteroatoms. The molecule has 1 saturated heterocycles. The van der Waals surface area contributed by atoms with Crippen molar-refractivity contribution in [2.45, 2.75) is 26.7 Å². The number of hydrogen-bond acceptors (Lipinski definition) is 3. The molecule has 0 saturated carbocycles. The second kappa shape index (κ2) is 13.4. The molecule has 0 aromatic rings. The van der Waals surface area contributed by atoms with Crippen molar-refractivity contribution in [1.29, 1.82) is 0 Å². The minimum absolute atomic E-state index is 0.750. The summed E-state index contributed by atoms with van der Waals surface area (Å²) in [6.45, 7) is 7.65. The molecule has 92 valence electrons. The van der Waals surface area contributed by atoms with Gasteiger partial charge in [-0.1, -0.05) is 13.8 Å². The zero-order chi connectivity index (χ0) is 12.1. The molecule has 0 aromatic carbocycles. The van der Waals surface area contributed by atoms with Gasteiger partial charge >= 0.3 is 0 Å². The first-order valence-corrected chi connectivity index (χ1v) is 5.69. The van der Waals surface area contributed by atoms with Gasteiger partial charge in [-0.05, 0) is 33.0 Å².